The SMILES string of the molecule is O=C(N1CCCC1CS(=O)(=O)c1ccccc1)C(F)(F)C(F)(F)F. The van der Waals surface area contributed by atoms with Crippen LogP contribution in [-0.2, 0) is 14.6 Å². The first kappa shape index (κ1) is 18.6. The zero-order valence-electron chi connectivity index (χ0n) is 12.3. The number of carbonyl (C=O) groups excluding carboxylic acids is 1. The molecule has 1 aliphatic rings. The molecule has 1 heterocycles. The van der Waals surface area contributed by atoms with E-state index in [2.05, 4.69) is 0 Å². The van der Waals surface area contributed by atoms with Crippen molar-refractivity contribution in [2.75, 3.05) is 12.3 Å². The molecule has 0 spiro atoms. The molecule has 1 aliphatic heterocycles. The van der Waals surface area contributed by atoms with E-state index in [-0.39, 0.29) is 24.3 Å². The first-order valence-electron chi connectivity index (χ1n) is 7.00. The van der Waals surface area contributed by atoms with E-state index in [1.54, 1.807) is 6.07 Å². The van der Waals surface area contributed by atoms with Crippen molar-refractivity contribution in [1.29, 1.82) is 0 Å². The summed E-state index contributed by atoms with van der Waals surface area (Å²) in [6.45, 7) is -0.334. The van der Waals surface area contributed by atoms with Crippen LogP contribution in [0.1, 0.15) is 12.8 Å². The van der Waals surface area contributed by atoms with Crippen LogP contribution in [0.5, 0.6) is 0 Å². The van der Waals surface area contributed by atoms with Crippen molar-refractivity contribution in [2.45, 2.75) is 35.9 Å². The quantitative estimate of drug-likeness (QED) is 0.765. The lowest BCUT2D eigenvalue weighted by molar-refractivity contribution is -0.274. The minimum absolute atomic E-state index is 0.0474. The van der Waals surface area contributed by atoms with E-state index < -0.39 is 39.6 Å². The van der Waals surface area contributed by atoms with Crippen molar-refractivity contribution >= 4 is 15.7 Å². The van der Waals surface area contributed by atoms with Gasteiger partial charge in [0, 0.05) is 12.6 Å². The Bertz CT molecular complexity index is 703. The van der Waals surface area contributed by atoms with Crippen LogP contribution >= 0.6 is 0 Å². The topological polar surface area (TPSA) is 54.5 Å². The third kappa shape index (κ3) is 3.52. The van der Waals surface area contributed by atoms with Crippen LogP contribution in [0.15, 0.2) is 35.2 Å². The number of sulfone groups is 1. The summed E-state index contributed by atoms with van der Waals surface area (Å²) in [5.41, 5.74) is 0. The minimum Gasteiger partial charge on any atom is -0.333 e. The van der Waals surface area contributed by atoms with Gasteiger partial charge in [0.05, 0.1) is 10.6 Å². The zero-order chi connectivity index (χ0) is 18.2. The third-order valence-electron chi connectivity index (χ3n) is 3.78. The van der Waals surface area contributed by atoms with Gasteiger partial charge in [-0.3, -0.25) is 4.79 Å². The number of benzene rings is 1. The molecule has 0 radical (unpaired) electrons. The Hall–Kier alpha value is -1.71. The fraction of sp³-hybridized carbons (Fsp3) is 0.500. The smallest absolute Gasteiger partial charge is 0.333 e. The average molecular weight is 371 g/mol. The molecule has 1 aromatic rings. The zero-order valence-corrected chi connectivity index (χ0v) is 13.1. The van der Waals surface area contributed by atoms with Crippen LogP contribution in [-0.4, -0.2) is 49.7 Å². The van der Waals surface area contributed by atoms with Gasteiger partial charge in [-0.05, 0) is 25.0 Å². The summed E-state index contributed by atoms with van der Waals surface area (Å²) in [5.74, 6) is -8.64. The highest BCUT2D eigenvalue weighted by Crippen LogP contribution is 2.38. The van der Waals surface area contributed by atoms with Gasteiger partial charge in [-0.2, -0.15) is 22.0 Å². The summed E-state index contributed by atoms with van der Waals surface area (Å²) < 4.78 is 88.0. The van der Waals surface area contributed by atoms with E-state index in [0.29, 0.717) is 4.90 Å². The summed E-state index contributed by atoms with van der Waals surface area (Å²) in [6, 6.07) is 5.87. The molecule has 1 unspecified atom stereocenters. The molecular formula is C14H14F5NO3S. The maximum atomic E-state index is 13.2. The lowest BCUT2D eigenvalue weighted by Gasteiger charge is -2.29. The maximum absolute atomic E-state index is 13.2. The van der Waals surface area contributed by atoms with E-state index in [0.717, 1.165) is 0 Å². The highest BCUT2D eigenvalue weighted by atomic mass is 32.2. The van der Waals surface area contributed by atoms with Gasteiger partial charge in [0.1, 0.15) is 0 Å². The third-order valence-corrected chi connectivity index (χ3v) is 5.59. The molecule has 0 N–H and O–H groups in total. The number of amides is 1. The molecule has 1 amide bonds. The molecule has 0 aliphatic carbocycles. The van der Waals surface area contributed by atoms with E-state index in [1.165, 1.54) is 24.3 Å². The average Bonchev–Trinajstić information content (AvgIpc) is 2.93. The van der Waals surface area contributed by atoms with Gasteiger partial charge >= 0.3 is 18.0 Å². The van der Waals surface area contributed by atoms with E-state index in [4.69, 9.17) is 0 Å². The minimum atomic E-state index is -6.02. The van der Waals surface area contributed by atoms with Crippen LogP contribution in [0.2, 0.25) is 0 Å². The van der Waals surface area contributed by atoms with Gasteiger partial charge in [-0.1, -0.05) is 18.2 Å². The van der Waals surface area contributed by atoms with Crippen molar-refractivity contribution in [2.24, 2.45) is 0 Å². The number of halogens is 5. The van der Waals surface area contributed by atoms with Gasteiger partial charge in [0.15, 0.2) is 9.84 Å². The Labute approximate surface area is 135 Å². The number of nitrogens with zero attached hydrogens (tertiary/aromatic N) is 1. The van der Waals surface area contributed by atoms with Crippen LogP contribution in [0.4, 0.5) is 22.0 Å². The largest absolute Gasteiger partial charge is 0.463 e. The molecule has 4 nitrogen and oxygen atoms in total. The molecule has 0 aromatic heterocycles. The molecular weight excluding hydrogens is 357 g/mol. The Balaban J connectivity index is 2.21. The van der Waals surface area contributed by atoms with Crippen LogP contribution in [0, 0.1) is 0 Å². The summed E-state index contributed by atoms with van der Waals surface area (Å²) in [6.07, 6.45) is -5.81. The molecule has 1 atom stereocenters. The predicted molar refractivity (Wildman–Crippen MR) is 74.2 cm³/mol. The molecule has 1 aromatic carbocycles. The fourth-order valence-electron chi connectivity index (χ4n) is 2.56. The van der Waals surface area contributed by atoms with Crippen molar-refractivity contribution in [1.82, 2.24) is 4.90 Å². The Morgan fingerprint density at radius 3 is 2.25 bits per heavy atom. The van der Waals surface area contributed by atoms with Crippen molar-refractivity contribution in [3.05, 3.63) is 30.3 Å². The molecule has 10 heteroatoms. The molecule has 134 valence electrons. The first-order valence-corrected chi connectivity index (χ1v) is 8.65. The number of rotatable bonds is 4. The molecule has 0 bridgehead atoms. The van der Waals surface area contributed by atoms with Crippen molar-refractivity contribution < 1.29 is 35.2 Å². The normalized spacial score (nSPS) is 19.5. The van der Waals surface area contributed by atoms with Gasteiger partial charge in [-0.25, -0.2) is 8.42 Å². The van der Waals surface area contributed by atoms with E-state index in [1.807, 2.05) is 0 Å². The summed E-state index contributed by atoms with van der Waals surface area (Å²) in [7, 11) is -3.91. The van der Waals surface area contributed by atoms with E-state index in [9.17, 15) is 35.2 Å². The summed E-state index contributed by atoms with van der Waals surface area (Å²) >= 11 is 0. The lowest BCUT2D eigenvalue weighted by atomic mass is 10.2. The number of carbonyl (C=O) groups is 1. The second-order valence-corrected chi connectivity index (χ2v) is 7.50. The molecule has 2 rings (SSSR count). The van der Waals surface area contributed by atoms with Gasteiger partial charge in [0.25, 0.3) is 0 Å². The standard InChI is InChI=1S/C14H14F5NO3S/c15-13(16,14(17,18)19)12(21)20-8-4-5-10(20)9-24(22,23)11-6-2-1-3-7-11/h1-3,6-7,10H,4-5,8-9H2. The summed E-state index contributed by atoms with van der Waals surface area (Å²) in [4.78, 5) is 11.9. The summed E-state index contributed by atoms with van der Waals surface area (Å²) in [5, 5.41) is 0. The molecule has 1 fully saturated rings. The monoisotopic (exact) mass is 371 g/mol. The Morgan fingerprint density at radius 1 is 1.12 bits per heavy atom. The number of hydrogen-bond donors (Lipinski definition) is 0. The van der Waals surface area contributed by atoms with Gasteiger partial charge in [-0.15, -0.1) is 0 Å². The Kier molecular flexibility index (Phi) is 4.89. The van der Waals surface area contributed by atoms with Gasteiger partial charge in [0.2, 0.25) is 0 Å². The van der Waals surface area contributed by atoms with E-state index >= 15 is 0 Å². The van der Waals surface area contributed by atoms with Crippen LogP contribution in [0.25, 0.3) is 0 Å². The molecule has 0 saturated carbocycles. The lowest BCUT2D eigenvalue weighted by Crippen LogP contribution is -2.54. The van der Waals surface area contributed by atoms with Crippen LogP contribution < -0.4 is 0 Å². The maximum Gasteiger partial charge on any atom is 0.463 e. The molecule has 24 heavy (non-hydrogen) atoms. The van der Waals surface area contributed by atoms with Gasteiger partial charge < -0.3 is 4.90 Å². The predicted octanol–water partition coefficient (Wildman–Crippen LogP) is 2.65. The Morgan fingerprint density at radius 2 is 1.71 bits per heavy atom. The second kappa shape index (κ2) is 6.30. The van der Waals surface area contributed by atoms with Crippen molar-refractivity contribution in [3.8, 4) is 0 Å². The number of hydrogen-bond acceptors (Lipinski definition) is 3. The molecule has 1 saturated heterocycles. The van der Waals surface area contributed by atoms with Crippen LogP contribution in [0.3, 0.4) is 0 Å². The number of likely N-dealkylation sites (tertiary alicyclic amines) is 1. The van der Waals surface area contributed by atoms with Crippen molar-refractivity contribution in [3.63, 3.8) is 0 Å². The fourth-order valence-corrected chi connectivity index (χ4v) is 4.17. The highest BCUT2D eigenvalue weighted by molar-refractivity contribution is 7.91. The highest BCUT2D eigenvalue weighted by Gasteiger charge is 2.65. The number of alkyl halides is 5. The second-order valence-electron chi connectivity index (χ2n) is 5.46. The first-order chi connectivity index (χ1) is 11.0.